The Bertz CT molecular complexity index is 2060. The molecule has 4 aromatic rings. The Kier molecular flexibility index (Phi) is 17.0. The van der Waals surface area contributed by atoms with Gasteiger partial charge in [0.05, 0.1) is 17.1 Å². The van der Waals surface area contributed by atoms with Gasteiger partial charge in [-0.3, -0.25) is 4.98 Å². The molecule has 0 bridgehead atoms. The average molecular weight is 702 g/mol. The van der Waals surface area contributed by atoms with Crippen LogP contribution in [-0.2, 0) is 0 Å². The minimum atomic E-state index is 0.503. The van der Waals surface area contributed by atoms with Gasteiger partial charge in [0, 0.05) is 41.1 Å². The number of fused-ring (bicyclic) bond motifs is 1. The van der Waals surface area contributed by atoms with Crippen molar-refractivity contribution in [1.82, 2.24) is 10.3 Å². The molecule has 272 valence electrons. The summed E-state index contributed by atoms with van der Waals surface area (Å²) in [5.74, 6) is 0. The van der Waals surface area contributed by atoms with E-state index in [1.807, 2.05) is 63.5 Å². The van der Waals surface area contributed by atoms with Gasteiger partial charge in [-0.1, -0.05) is 129 Å². The van der Waals surface area contributed by atoms with E-state index in [0.29, 0.717) is 5.71 Å². The number of anilines is 1. The summed E-state index contributed by atoms with van der Waals surface area (Å²) in [4.78, 5) is 4.70. The Balaban J connectivity index is 0.000000399. The molecule has 1 aromatic heterocycles. The van der Waals surface area contributed by atoms with Gasteiger partial charge in [-0.2, -0.15) is 0 Å². The van der Waals surface area contributed by atoms with E-state index >= 15 is 0 Å². The first kappa shape index (κ1) is 41.2. The summed E-state index contributed by atoms with van der Waals surface area (Å²) in [6.45, 7) is 20.2. The van der Waals surface area contributed by atoms with E-state index in [9.17, 15) is 0 Å². The molecule has 0 amide bonds. The SMILES string of the molecule is C=C/C(=C\C)C(=N)/C=C\CC/C=C\C=C/N.C=Cc1cc(-c2ccc(/C(=C/CC)NC)nc2)ccc1/C(Nc1cccc2ccccc12)=C(\C)C(=C)C. The predicted molar refractivity (Wildman–Crippen MR) is 235 cm³/mol. The minimum Gasteiger partial charge on any atom is -0.405 e. The Morgan fingerprint density at radius 2 is 1.66 bits per heavy atom. The number of hydrogen-bond acceptors (Lipinski definition) is 5. The zero-order valence-electron chi connectivity index (χ0n) is 32.0. The molecule has 3 aromatic carbocycles. The third-order valence-electron chi connectivity index (χ3n) is 8.64. The van der Waals surface area contributed by atoms with Gasteiger partial charge in [-0.05, 0) is 104 Å². The number of benzene rings is 3. The van der Waals surface area contributed by atoms with Crippen LogP contribution in [0.4, 0.5) is 5.69 Å². The number of pyridine rings is 1. The summed E-state index contributed by atoms with van der Waals surface area (Å²) in [5, 5.41) is 17.1. The standard InChI is InChI=1S/C34H35N3.C14H20N2/c1-7-12-32(35-6)33-20-18-28(22-36-33)27-17-19-30(25(8-2)21-27)34(24(5)23(3)4)37-31-16-11-14-26-13-9-10-15-29(26)31;1-3-13(4-2)14(16)11-9-7-5-6-8-10-12-15/h8-22,35,37H,2-3,7H2,1,4-6H3;3-4,6,8-12,16H,1,5,7,15H2,2H3/b32-12-,34-24-;8-6-,11-9-,12-10-,13-4+,16-14?. The number of aromatic nitrogens is 1. The fraction of sp³-hybridized carbons (Fsp3) is 0.167. The molecule has 0 saturated carbocycles. The lowest BCUT2D eigenvalue weighted by molar-refractivity contribution is 1.05. The largest absolute Gasteiger partial charge is 0.405 e. The number of rotatable bonds is 16. The second-order valence-corrected chi connectivity index (χ2v) is 12.3. The molecule has 53 heavy (non-hydrogen) atoms. The molecular weight excluding hydrogens is 647 g/mol. The van der Waals surface area contributed by atoms with Crippen molar-refractivity contribution < 1.29 is 0 Å². The smallest absolute Gasteiger partial charge is 0.0858 e. The van der Waals surface area contributed by atoms with Gasteiger partial charge in [0.15, 0.2) is 0 Å². The summed E-state index contributed by atoms with van der Waals surface area (Å²) in [6, 6.07) is 25.4. The summed E-state index contributed by atoms with van der Waals surface area (Å²) in [7, 11) is 1.93. The van der Waals surface area contributed by atoms with Crippen LogP contribution < -0.4 is 16.4 Å². The molecule has 0 atom stereocenters. The second kappa shape index (κ2) is 21.9. The van der Waals surface area contributed by atoms with Crippen LogP contribution in [0.1, 0.15) is 63.8 Å². The normalized spacial score (nSPS) is 12.4. The fourth-order valence-corrected chi connectivity index (χ4v) is 5.56. The van der Waals surface area contributed by atoms with Crippen LogP contribution in [0.15, 0.2) is 170 Å². The van der Waals surface area contributed by atoms with E-state index in [2.05, 4.69) is 123 Å². The van der Waals surface area contributed by atoms with Gasteiger partial charge in [-0.15, -0.1) is 0 Å². The van der Waals surface area contributed by atoms with E-state index in [0.717, 1.165) is 81.0 Å². The van der Waals surface area contributed by atoms with Gasteiger partial charge < -0.3 is 21.8 Å². The topological polar surface area (TPSA) is 86.8 Å². The molecule has 5 nitrogen and oxygen atoms in total. The molecule has 0 spiro atoms. The Morgan fingerprint density at radius 3 is 2.30 bits per heavy atom. The highest BCUT2D eigenvalue weighted by atomic mass is 14.9. The lowest BCUT2D eigenvalue weighted by Crippen LogP contribution is -2.06. The molecular formula is C48H55N5. The van der Waals surface area contributed by atoms with Crippen LogP contribution in [0.3, 0.4) is 0 Å². The van der Waals surface area contributed by atoms with E-state index in [-0.39, 0.29) is 0 Å². The highest BCUT2D eigenvalue weighted by molar-refractivity contribution is 6.08. The summed E-state index contributed by atoms with van der Waals surface area (Å²) >= 11 is 0. The second-order valence-electron chi connectivity index (χ2n) is 12.3. The van der Waals surface area contributed by atoms with Crippen LogP contribution in [0.5, 0.6) is 0 Å². The van der Waals surface area contributed by atoms with Crippen molar-refractivity contribution in [1.29, 1.82) is 5.41 Å². The van der Waals surface area contributed by atoms with Crippen LogP contribution in [0.25, 0.3) is 39.4 Å². The predicted octanol–water partition coefficient (Wildman–Crippen LogP) is 12.4. The number of nitrogens with two attached hydrogens (primary N) is 1. The van der Waals surface area contributed by atoms with Crippen molar-refractivity contribution in [2.75, 3.05) is 12.4 Å². The third kappa shape index (κ3) is 11.9. The molecule has 0 unspecified atom stereocenters. The van der Waals surface area contributed by atoms with Crippen LogP contribution in [0.2, 0.25) is 0 Å². The van der Waals surface area contributed by atoms with E-state index in [1.165, 1.54) is 17.0 Å². The molecule has 0 saturated heterocycles. The van der Waals surface area contributed by atoms with Crippen molar-refractivity contribution >= 4 is 39.6 Å². The van der Waals surface area contributed by atoms with Crippen molar-refractivity contribution in [2.24, 2.45) is 5.73 Å². The molecule has 5 N–H and O–H groups in total. The summed E-state index contributed by atoms with van der Waals surface area (Å²) < 4.78 is 0. The Labute approximate surface area is 317 Å². The first-order chi connectivity index (χ1) is 25.7. The summed E-state index contributed by atoms with van der Waals surface area (Å²) in [5.41, 5.74) is 17.0. The maximum atomic E-state index is 7.72. The number of allylic oxidation sites excluding steroid dienone is 11. The molecule has 1 heterocycles. The van der Waals surface area contributed by atoms with Crippen molar-refractivity contribution in [3.63, 3.8) is 0 Å². The molecule has 0 radical (unpaired) electrons. The lowest BCUT2D eigenvalue weighted by atomic mass is 9.94. The van der Waals surface area contributed by atoms with Gasteiger partial charge in [0.1, 0.15) is 0 Å². The summed E-state index contributed by atoms with van der Waals surface area (Å²) in [6.07, 6.45) is 23.5. The van der Waals surface area contributed by atoms with Crippen molar-refractivity contribution in [3.05, 3.63) is 187 Å². The number of nitrogens with one attached hydrogen (secondary N) is 3. The quantitative estimate of drug-likeness (QED) is 0.0532. The van der Waals surface area contributed by atoms with Crippen LogP contribution >= 0.6 is 0 Å². The number of hydrogen-bond donors (Lipinski definition) is 4. The highest BCUT2D eigenvalue weighted by Gasteiger charge is 2.14. The van der Waals surface area contributed by atoms with Crippen molar-refractivity contribution in [3.8, 4) is 11.1 Å². The number of unbranched alkanes of at least 4 members (excludes halogenated alkanes) is 1. The van der Waals surface area contributed by atoms with Crippen LogP contribution in [0, 0.1) is 5.41 Å². The fourth-order valence-electron chi connectivity index (χ4n) is 5.56. The van der Waals surface area contributed by atoms with Crippen LogP contribution in [-0.4, -0.2) is 17.7 Å². The maximum Gasteiger partial charge on any atom is 0.0858 e. The van der Waals surface area contributed by atoms with Gasteiger partial charge in [0.25, 0.3) is 0 Å². The molecule has 5 heteroatoms. The zero-order valence-corrected chi connectivity index (χ0v) is 32.0. The first-order valence-electron chi connectivity index (χ1n) is 18.0. The van der Waals surface area contributed by atoms with E-state index in [1.54, 1.807) is 12.2 Å². The first-order valence-corrected chi connectivity index (χ1v) is 18.0. The zero-order chi connectivity index (χ0) is 38.6. The monoisotopic (exact) mass is 701 g/mol. The van der Waals surface area contributed by atoms with E-state index < -0.39 is 0 Å². The van der Waals surface area contributed by atoms with Gasteiger partial charge >= 0.3 is 0 Å². The molecule has 0 aliphatic rings. The maximum absolute atomic E-state index is 7.72. The molecule has 0 aliphatic carbocycles. The Morgan fingerprint density at radius 1 is 0.925 bits per heavy atom. The lowest BCUT2D eigenvalue weighted by Gasteiger charge is -2.20. The molecule has 0 fully saturated rings. The van der Waals surface area contributed by atoms with E-state index in [4.69, 9.17) is 16.1 Å². The number of nitrogens with zero attached hydrogens (tertiary/aromatic N) is 1. The molecule has 0 aliphatic heterocycles. The highest BCUT2D eigenvalue weighted by Crippen LogP contribution is 2.33. The minimum absolute atomic E-state index is 0.503. The Hall–Kier alpha value is -6.20. The van der Waals surface area contributed by atoms with Gasteiger partial charge in [-0.25, -0.2) is 0 Å². The third-order valence-corrected chi connectivity index (χ3v) is 8.64. The van der Waals surface area contributed by atoms with Gasteiger partial charge in [0.2, 0.25) is 0 Å². The van der Waals surface area contributed by atoms with Crippen molar-refractivity contribution in [2.45, 2.75) is 47.0 Å². The average Bonchev–Trinajstić information content (AvgIpc) is 3.19. The molecule has 4 rings (SSSR count).